The van der Waals surface area contributed by atoms with Gasteiger partial charge in [0.15, 0.2) is 0 Å². The minimum atomic E-state index is -0.559. The fraction of sp³-hybridized carbons (Fsp3) is 0.526. The zero-order valence-electron chi connectivity index (χ0n) is 14.9. The van der Waals surface area contributed by atoms with Gasteiger partial charge in [0.05, 0.1) is 0 Å². The van der Waals surface area contributed by atoms with Crippen LogP contribution in [-0.4, -0.2) is 47.8 Å². The number of benzene rings is 1. The molecule has 1 saturated heterocycles. The van der Waals surface area contributed by atoms with Crippen molar-refractivity contribution in [1.29, 1.82) is 0 Å². The number of carbonyl (C=O) groups excluding carboxylic acids is 3. The number of imide groups is 1. The molecule has 3 N–H and O–H groups in total. The van der Waals surface area contributed by atoms with Gasteiger partial charge < -0.3 is 15.5 Å². The van der Waals surface area contributed by atoms with Crippen molar-refractivity contribution in [3.05, 3.63) is 34.9 Å². The highest BCUT2D eigenvalue weighted by Crippen LogP contribution is 2.30. The van der Waals surface area contributed by atoms with Crippen LogP contribution in [0.1, 0.15) is 47.2 Å². The Morgan fingerprint density at radius 1 is 1.19 bits per heavy atom. The predicted molar refractivity (Wildman–Crippen MR) is 95.2 cm³/mol. The number of rotatable bonds is 5. The van der Waals surface area contributed by atoms with Crippen LogP contribution in [0.15, 0.2) is 18.2 Å². The van der Waals surface area contributed by atoms with E-state index in [0.717, 1.165) is 24.0 Å². The monoisotopic (exact) mass is 356 g/mol. The lowest BCUT2D eigenvalue weighted by Gasteiger charge is -2.36. The lowest BCUT2D eigenvalue weighted by atomic mass is 9.86. The molecule has 1 saturated carbocycles. The fourth-order valence-corrected chi connectivity index (χ4v) is 4.11. The van der Waals surface area contributed by atoms with Crippen LogP contribution in [-0.2, 0) is 22.7 Å². The number of hydrogen-bond acceptors (Lipinski definition) is 5. The van der Waals surface area contributed by atoms with E-state index in [4.69, 9.17) is 0 Å². The van der Waals surface area contributed by atoms with Crippen molar-refractivity contribution in [3.63, 3.8) is 0 Å². The first-order chi connectivity index (χ1) is 12.6. The number of carbonyl (C=O) groups is 3. The Hall–Kier alpha value is -2.25. The smallest absolute Gasteiger partial charge is 0.255 e. The summed E-state index contributed by atoms with van der Waals surface area (Å²) in [5, 5.41) is 9.13. The van der Waals surface area contributed by atoms with Gasteiger partial charge in [0.25, 0.3) is 5.91 Å². The van der Waals surface area contributed by atoms with Crippen molar-refractivity contribution in [2.45, 2.75) is 56.9 Å². The highest BCUT2D eigenvalue weighted by atomic mass is 16.2. The van der Waals surface area contributed by atoms with Gasteiger partial charge in [-0.05, 0) is 37.4 Å². The molecular formula is C19H24N4O3. The maximum atomic E-state index is 13.0. The molecule has 1 aliphatic carbocycles. The van der Waals surface area contributed by atoms with Gasteiger partial charge in [0, 0.05) is 37.2 Å². The second-order valence-corrected chi connectivity index (χ2v) is 7.39. The van der Waals surface area contributed by atoms with E-state index in [1.54, 1.807) is 4.90 Å². The Morgan fingerprint density at radius 3 is 2.73 bits per heavy atom. The summed E-state index contributed by atoms with van der Waals surface area (Å²) in [5.41, 5.74) is 2.66. The van der Waals surface area contributed by atoms with E-state index < -0.39 is 6.04 Å². The van der Waals surface area contributed by atoms with Crippen LogP contribution in [0, 0.1) is 0 Å². The minimum Gasteiger partial charge on any atom is -0.322 e. The van der Waals surface area contributed by atoms with E-state index in [1.807, 2.05) is 25.2 Å². The molecule has 0 aromatic heterocycles. The summed E-state index contributed by atoms with van der Waals surface area (Å²) in [5.74, 6) is -0.732. The van der Waals surface area contributed by atoms with Gasteiger partial charge in [-0.1, -0.05) is 18.2 Å². The minimum absolute atomic E-state index is 0.103. The molecule has 1 aromatic rings. The second kappa shape index (κ2) is 6.81. The number of nitrogens with zero attached hydrogens (tertiary/aromatic N) is 1. The highest BCUT2D eigenvalue weighted by molar-refractivity contribution is 6.05. The maximum Gasteiger partial charge on any atom is 0.255 e. The zero-order chi connectivity index (χ0) is 18.3. The van der Waals surface area contributed by atoms with Crippen LogP contribution in [0.4, 0.5) is 0 Å². The number of amides is 3. The summed E-state index contributed by atoms with van der Waals surface area (Å²) in [6.45, 7) is 1.08. The van der Waals surface area contributed by atoms with E-state index in [-0.39, 0.29) is 24.1 Å². The lowest BCUT2D eigenvalue weighted by Crippen LogP contribution is -2.52. The molecule has 4 rings (SSSR count). The Bertz CT molecular complexity index is 757. The average Bonchev–Trinajstić information content (AvgIpc) is 2.91. The summed E-state index contributed by atoms with van der Waals surface area (Å²) in [6, 6.07) is 6.39. The quantitative estimate of drug-likeness (QED) is 0.660. The molecule has 2 aliphatic heterocycles. The van der Waals surface area contributed by atoms with Crippen LogP contribution in [0.5, 0.6) is 0 Å². The van der Waals surface area contributed by atoms with Crippen molar-refractivity contribution in [2.24, 2.45) is 0 Å². The first-order valence-corrected chi connectivity index (χ1v) is 9.23. The van der Waals surface area contributed by atoms with Gasteiger partial charge in [-0.2, -0.15) is 0 Å². The number of fused-ring (bicyclic) bond motifs is 1. The average molecular weight is 356 g/mol. The van der Waals surface area contributed by atoms with Gasteiger partial charge in [-0.15, -0.1) is 0 Å². The number of piperidine rings is 1. The first kappa shape index (κ1) is 17.2. The van der Waals surface area contributed by atoms with Gasteiger partial charge in [0.1, 0.15) is 6.04 Å². The predicted octanol–water partition coefficient (Wildman–Crippen LogP) is 0.288. The summed E-state index contributed by atoms with van der Waals surface area (Å²) in [7, 11) is 1.98. The molecule has 0 spiro atoms. The molecule has 3 amide bonds. The molecule has 2 heterocycles. The molecule has 3 aliphatic rings. The van der Waals surface area contributed by atoms with E-state index >= 15 is 0 Å². The Balaban J connectivity index is 1.46. The molecule has 2 fully saturated rings. The lowest BCUT2D eigenvalue weighted by molar-refractivity contribution is -0.136. The Kier molecular flexibility index (Phi) is 4.50. The maximum absolute atomic E-state index is 13.0. The third-order valence-electron chi connectivity index (χ3n) is 5.77. The van der Waals surface area contributed by atoms with E-state index in [2.05, 4.69) is 16.0 Å². The van der Waals surface area contributed by atoms with E-state index in [1.165, 1.54) is 0 Å². The van der Waals surface area contributed by atoms with Gasteiger partial charge in [-0.25, -0.2) is 0 Å². The van der Waals surface area contributed by atoms with Crippen LogP contribution < -0.4 is 16.0 Å². The van der Waals surface area contributed by atoms with Crippen molar-refractivity contribution < 1.29 is 14.4 Å². The Labute approximate surface area is 152 Å². The fourth-order valence-electron chi connectivity index (χ4n) is 4.11. The summed E-state index contributed by atoms with van der Waals surface area (Å²) in [6.07, 6.45) is 2.87. The van der Waals surface area contributed by atoms with E-state index in [9.17, 15) is 14.4 Å². The van der Waals surface area contributed by atoms with Gasteiger partial charge in [0.2, 0.25) is 11.8 Å². The molecule has 7 nitrogen and oxygen atoms in total. The van der Waals surface area contributed by atoms with Crippen molar-refractivity contribution in [3.8, 4) is 0 Å². The zero-order valence-corrected chi connectivity index (χ0v) is 14.9. The molecular weight excluding hydrogens is 332 g/mol. The summed E-state index contributed by atoms with van der Waals surface area (Å²) in [4.78, 5) is 38.1. The molecule has 26 heavy (non-hydrogen) atoms. The molecule has 0 radical (unpaired) electrons. The second-order valence-electron chi connectivity index (χ2n) is 7.39. The number of nitrogens with one attached hydrogen (secondary N) is 3. The molecule has 1 aromatic carbocycles. The third kappa shape index (κ3) is 3.01. The number of hydrogen-bond donors (Lipinski definition) is 3. The van der Waals surface area contributed by atoms with Gasteiger partial charge in [-0.3, -0.25) is 19.7 Å². The highest BCUT2D eigenvalue weighted by Gasteiger charge is 2.40. The molecule has 7 heteroatoms. The van der Waals surface area contributed by atoms with Crippen molar-refractivity contribution >= 4 is 17.7 Å². The first-order valence-electron chi connectivity index (χ1n) is 9.23. The van der Waals surface area contributed by atoms with Crippen LogP contribution in [0.2, 0.25) is 0 Å². The van der Waals surface area contributed by atoms with Crippen molar-refractivity contribution in [1.82, 2.24) is 20.9 Å². The van der Waals surface area contributed by atoms with Crippen LogP contribution >= 0.6 is 0 Å². The van der Waals surface area contributed by atoms with Crippen molar-refractivity contribution in [2.75, 3.05) is 7.05 Å². The SMILES string of the molecule is CNC1CC(NCc2cccc3c2C(=O)N(C2CCC(=O)NC2=O)C3)C1. The normalized spacial score (nSPS) is 28.0. The summed E-state index contributed by atoms with van der Waals surface area (Å²) >= 11 is 0. The molecule has 1 atom stereocenters. The standard InChI is InChI=1S/C19H24N4O3/c1-20-13-7-14(8-13)21-9-11-3-2-4-12-10-23(19(26)17(11)12)15-5-6-16(24)22-18(15)25/h2-4,13-15,20-21H,5-10H2,1H3,(H,22,24,25). The molecule has 1 unspecified atom stereocenters. The summed E-state index contributed by atoms with van der Waals surface area (Å²) < 4.78 is 0. The Morgan fingerprint density at radius 2 is 2.00 bits per heavy atom. The van der Waals surface area contributed by atoms with Crippen LogP contribution in [0.3, 0.4) is 0 Å². The molecule has 0 bridgehead atoms. The van der Waals surface area contributed by atoms with Gasteiger partial charge >= 0.3 is 0 Å². The van der Waals surface area contributed by atoms with E-state index in [0.29, 0.717) is 37.2 Å². The molecule has 138 valence electrons. The van der Waals surface area contributed by atoms with Crippen LogP contribution in [0.25, 0.3) is 0 Å². The topological polar surface area (TPSA) is 90.5 Å². The largest absolute Gasteiger partial charge is 0.322 e. The third-order valence-corrected chi connectivity index (χ3v) is 5.77.